The summed E-state index contributed by atoms with van der Waals surface area (Å²) in [6, 6.07) is 9.96. The van der Waals surface area contributed by atoms with Crippen molar-refractivity contribution >= 4 is 17.7 Å². The van der Waals surface area contributed by atoms with Gasteiger partial charge >= 0.3 is 5.97 Å². The molecule has 0 saturated heterocycles. The molecule has 1 amide bonds. The summed E-state index contributed by atoms with van der Waals surface area (Å²) in [6.07, 6.45) is 0. The number of nitrogens with zero attached hydrogens (tertiary/aromatic N) is 1. The molecule has 0 radical (unpaired) electrons. The Morgan fingerprint density at radius 1 is 1.15 bits per heavy atom. The number of hydrogen-bond acceptors (Lipinski definition) is 3. The van der Waals surface area contributed by atoms with Crippen LogP contribution in [0, 0.1) is 13.8 Å². The van der Waals surface area contributed by atoms with Gasteiger partial charge in [0.15, 0.2) is 5.69 Å². The van der Waals surface area contributed by atoms with Crippen LogP contribution in [0.4, 0.5) is 5.82 Å². The van der Waals surface area contributed by atoms with Crippen LogP contribution >= 0.6 is 0 Å². The second kappa shape index (κ2) is 5.52. The van der Waals surface area contributed by atoms with Gasteiger partial charge in [-0.05, 0) is 37.6 Å². The molecule has 0 spiro atoms. The van der Waals surface area contributed by atoms with E-state index in [0.29, 0.717) is 5.56 Å². The van der Waals surface area contributed by atoms with E-state index in [1.165, 1.54) is 12.1 Å². The molecule has 2 N–H and O–H groups in total. The third-order valence-corrected chi connectivity index (χ3v) is 2.84. The number of nitrogens with one attached hydrogen (secondary N) is 1. The van der Waals surface area contributed by atoms with Crippen LogP contribution < -0.4 is 5.32 Å². The molecule has 5 heteroatoms. The molecule has 1 heterocycles. The van der Waals surface area contributed by atoms with Gasteiger partial charge in [0.25, 0.3) is 5.91 Å². The van der Waals surface area contributed by atoms with Gasteiger partial charge < -0.3 is 10.4 Å². The highest BCUT2D eigenvalue weighted by atomic mass is 16.4. The summed E-state index contributed by atoms with van der Waals surface area (Å²) in [5.41, 5.74) is 2.36. The van der Waals surface area contributed by atoms with Gasteiger partial charge in [-0.3, -0.25) is 4.79 Å². The minimum Gasteiger partial charge on any atom is -0.477 e. The van der Waals surface area contributed by atoms with Gasteiger partial charge in [-0.25, -0.2) is 9.78 Å². The Hall–Kier alpha value is -2.69. The molecule has 0 saturated carbocycles. The zero-order valence-corrected chi connectivity index (χ0v) is 11.2. The van der Waals surface area contributed by atoms with E-state index >= 15 is 0 Å². The largest absolute Gasteiger partial charge is 0.477 e. The van der Waals surface area contributed by atoms with Crippen LogP contribution in [-0.4, -0.2) is 22.0 Å². The van der Waals surface area contributed by atoms with Gasteiger partial charge in [-0.2, -0.15) is 0 Å². The molecule has 0 atom stereocenters. The summed E-state index contributed by atoms with van der Waals surface area (Å²) >= 11 is 0. The van der Waals surface area contributed by atoms with E-state index in [-0.39, 0.29) is 17.4 Å². The van der Waals surface area contributed by atoms with Crippen LogP contribution in [0.2, 0.25) is 0 Å². The van der Waals surface area contributed by atoms with Crippen molar-refractivity contribution < 1.29 is 14.7 Å². The number of carboxylic acid groups (broad SMARTS) is 1. The van der Waals surface area contributed by atoms with Crippen molar-refractivity contribution in [1.82, 2.24) is 4.98 Å². The highest BCUT2D eigenvalue weighted by Crippen LogP contribution is 2.13. The lowest BCUT2D eigenvalue weighted by Gasteiger charge is -2.08. The van der Waals surface area contributed by atoms with Gasteiger partial charge in [0.1, 0.15) is 5.82 Å². The van der Waals surface area contributed by atoms with Crippen molar-refractivity contribution in [3.8, 4) is 0 Å². The number of carbonyl (C=O) groups is 2. The third kappa shape index (κ3) is 3.00. The summed E-state index contributed by atoms with van der Waals surface area (Å²) in [5.74, 6) is -1.22. The van der Waals surface area contributed by atoms with Gasteiger partial charge in [-0.15, -0.1) is 0 Å². The van der Waals surface area contributed by atoms with Gasteiger partial charge in [0, 0.05) is 5.56 Å². The Morgan fingerprint density at radius 2 is 1.90 bits per heavy atom. The molecule has 102 valence electrons. The number of pyridine rings is 1. The fourth-order valence-electron chi connectivity index (χ4n) is 1.88. The second-order valence-corrected chi connectivity index (χ2v) is 4.49. The summed E-state index contributed by atoms with van der Waals surface area (Å²) in [4.78, 5) is 26.8. The lowest BCUT2D eigenvalue weighted by atomic mass is 10.1. The van der Waals surface area contributed by atoms with Crippen molar-refractivity contribution in [2.75, 3.05) is 5.32 Å². The van der Waals surface area contributed by atoms with Crippen molar-refractivity contribution in [1.29, 1.82) is 0 Å². The molecule has 1 aromatic heterocycles. The van der Waals surface area contributed by atoms with Crippen LogP contribution in [0.25, 0.3) is 0 Å². The maximum Gasteiger partial charge on any atom is 0.354 e. The Morgan fingerprint density at radius 3 is 2.55 bits per heavy atom. The normalized spacial score (nSPS) is 10.1. The van der Waals surface area contributed by atoms with E-state index in [9.17, 15) is 9.59 Å². The number of amides is 1. The van der Waals surface area contributed by atoms with Crippen molar-refractivity contribution in [2.45, 2.75) is 13.8 Å². The van der Waals surface area contributed by atoms with Gasteiger partial charge in [0.2, 0.25) is 0 Å². The molecule has 0 aliphatic carbocycles. The highest BCUT2D eigenvalue weighted by molar-refractivity contribution is 6.05. The van der Waals surface area contributed by atoms with E-state index in [2.05, 4.69) is 10.3 Å². The molecule has 0 unspecified atom stereocenters. The van der Waals surface area contributed by atoms with Gasteiger partial charge in [0.05, 0.1) is 0 Å². The van der Waals surface area contributed by atoms with Crippen LogP contribution in [0.5, 0.6) is 0 Å². The first-order chi connectivity index (χ1) is 9.47. The van der Waals surface area contributed by atoms with Crippen molar-refractivity contribution in [3.05, 3.63) is 58.8 Å². The predicted molar refractivity (Wildman–Crippen MR) is 75.1 cm³/mol. The second-order valence-electron chi connectivity index (χ2n) is 4.49. The topological polar surface area (TPSA) is 79.3 Å². The van der Waals surface area contributed by atoms with E-state index in [0.717, 1.165) is 11.1 Å². The zero-order chi connectivity index (χ0) is 14.7. The molecule has 5 nitrogen and oxygen atoms in total. The average Bonchev–Trinajstić information content (AvgIpc) is 2.38. The smallest absolute Gasteiger partial charge is 0.354 e. The van der Waals surface area contributed by atoms with E-state index in [4.69, 9.17) is 5.11 Å². The van der Waals surface area contributed by atoms with E-state index in [1.54, 1.807) is 12.1 Å². The summed E-state index contributed by atoms with van der Waals surface area (Å²) in [7, 11) is 0. The fourth-order valence-corrected chi connectivity index (χ4v) is 1.88. The summed E-state index contributed by atoms with van der Waals surface area (Å²) in [5, 5.41) is 11.5. The van der Waals surface area contributed by atoms with Crippen molar-refractivity contribution in [3.63, 3.8) is 0 Å². The maximum atomic E-state index is 12.1. The molecular weight excluding hydrogens is 256 g/mol. The monoisotopic (exact) mass is 270 g/mol. The fraction of sp³-hybridized carbons (Fsp3) is 0.133. The predicted octanol–water partition coefficient (Wildman–Crippen LogP) is 2.65. The number of hydrogen-bond donors (Lipinski definition) is 2. The number of carboxylic acids is 1. The van der Waals surface area contributed by atoms with Gasteiger partial charge in [-0.1, -0.05) is 23.8 Å². The molecular formula is C15H14N2O3. The Bertz CT molecular complexity index is 681. The molecule has 2 aromatic rings. The highest BCUT2D eigenvalue weighted by Gasteiger charge is 2.11. The Balaban J connectivity index is 2.23. The number of rotatable bonds is 3. The minimum absolute atomic E-state index is 0.108. The number of anilines is 1. The Kier molecular flexibility index (Phi) is 3.79. The molecule has 20 heavy (non-hydrogen) atoms. The van der Waals surface area contributed by atoms with Crippen LogP contribution in [0.1, 0.15) is 32.0 Å². The number of aromatic nitrogens is 1. The molecule has 0 bridgehead atoms. The standard InChI is InChI=1S/C15H14N2O3/c1-9-6-7-11(10(2)8-9)14(18)17-13-5-3-4-12(16-13)15(19)20/h3-8H,1-2H3,(H,19,20)(H,16,17,18). The number of aryl methyl sites for hydroxylation is 2. The van der Waals surface area contributed by atoms with Crippen LogP contribution in [0.15, 0.2) is 36.4 Å². The molecule has 0 aliphatic heterocycles. The SMILES string of the molecule is Cc1ccc(C(=O)Nc2cccc(C(=O)O)n2)c(C)c1. The van der Waals surface area contributed by atoms with Crippen molar-refractivity contribution in [2.24, 2.45) is 0 Å². The van der Waals surface area contributed by atoms with Crippen LogP contribution in [-0.2, 0) is 0 Å². The quantitative estimate of drug-likeness (QED) is 0.898. The summed E-state index contributed by atoms with van der Waals surface area (Å²) < 4.78 is 0. The maximum absolute atomic E-state index is 12.1. The first-order valence-corrected chi connectivity index (χ1v) is 6.06. The lowest BCUT2D eigenvalue weighted by molar-refractivity contribution is 0.0690. The molecule has 0 fully saturated rings. The summed E-state index contributed by atoms with van der Waals surface area (Å²) in [6.45, 7) is 3.80. The average molecular weight is 270 g/mol. The number of carbonyl (C=O) groups excluding carboxylic acids is 1. The first-order valence-electron chi connectivity index (χ1n) is 6.06. The molecule has 0 aliphatic rings. The minimum atomic E-state index is -1.13. The Labute approximate surface area is 116 Å². The van der Waals surface area contributed by atoms with E-state index in [1.807, 2.05) is 26.0 Å². The number of benzene rings is 1. The van der Waals surface area contributed by atoms with E-state index < -0.39 is 5.97 Å². The molecule has 1 aromatic carbocycles. The molecule has 2 rings (SSSR count). The number of aromatic carboxylic acids is 1. The third-order valence-electron chi connectivity index (χ3n) is 2.84. The lowest BCUT2D eigenvalue weighted by Crippen LogP contribution is -2.15. The zero-order valence-electron chi connectivity index (χ0n) is 11.2. The van der Waals surface area contributed by atoms with Crippen LogP contribution in [0.3, 0.4) is 0 Å². The first kappa shape index (κ1) is 13.7.